The average molecular weight is 320 g/mol. The molecule has 4 heteroatoms. The molecule has 1 N–H and O–H groups in total. The summed E-state index contributed by atoms with van der Waals surface area (Å²) in [6, 6.07) is 4.45. The number of carbonyl (C=O) groups is 1. The molecule has 0 fully saturated rings. The van der Waals surface area contributed by atoms with Gasteiger partial charge in [0.1, 0.15) is 5.60 Å². The molecule has 0 heterocycles. The van der Waals surface area contributed by atoms with Gasteiger partial charge in [0.15, 0.2) is 0 Å². The molecule has 0 unspecified atom stereocenters. The lowest BCUT2D eigenvalue weighted by Gasteiger charge is -2.24. The fourth-order valence-electron chi connectivity index (χ4n) is 2.57. The van der Waals surface area contributed by atoms with E-state index >= 15 is 0 Å². The van der Waals surface area contributed by atoms with Crippen LogP contribution in [0.5, 0.6) is 0 Å². The van der Waals surface area contributed by atoms with Crippen LogP contribution >= 0.6 is 0 Å². The second-order valence-electron chi connectivity index (χ2n) is 7.31. The van der Waals surface area contributed by atoms with E-state index in [1.807, 2.05) is 20.8 Å². The number of rotatable bonds is 6. The molecule has 1 aromatic rings. The third kappa shape index (κ3) is 7.04. The van der Waals surface area contributed by atoms with Crippen molar-refractivity contribution in [3.63, 3.8) is 0 Å². The highest BCUT2D eigenvalue weighted by atomic mass is 16.6. The fourth-order valence-corrected chi connectivity index (χ4v) is 2.57. The maximum absolute atomic E-state index is 11.8. The summed E-state index contributed by atoms with van der Waals surface area (Å²) in [4.78, 5) is 13.5. The van der Waals surface area contributed by atoms with Crippen LogP contribution < -0.4 is 5.32 Å². The summed E-state index contributed by atoms with van der Waals surface area (Å²) in [5.74, 6) is 0. The molecule has 0 saturated heterocycles. The second-order valence-corrected chi connectivity index (χ2v) is 7.31. The summed E-state index contributed by atoms with van der Waals surface area (Å²) in [6.45, 7) is 14.5. The zero-order chi connectivity index (χ0) is 17.6. The second kappa shape index (κ2) is 8.34. The Morgan fingerprint density at radius 2 is 1.74 bits per heavy atom. The molecular weight excluding hydrogens is 288 g/mol. The van der Waals surface area contributed by atoms with Gasteiger partial charge in [-0.3, -0.25) is 0 Å². The van der Waals surface area contributed by atoms with Crippen molar-refractivity contribution in [3.05, 3.63) is 34.4 Å². The van der Waals surface area contributed by atoms with Crippen LogP contribution in [0.25, 0.3) is 0 Å². The third-order valence-electron chi connectivity index (χ3n) is 3.69. The number of hydrogen-bond acceptors (Lipinski definition) is 3. The van der Waals surface area contributed by atoms with Crippen LogP contribution in [-0.4, -0.2) is 36.7 Å². The Kier molecular flexibility index (Phi) is 7.07. The number of ether oxygens (including phenoxy) is 1. The predicted molar refractivity (Wildman–Crippen MR) is 95.8 cm³/mol. The minimum atomic E-state index is -0.440. The molecule has 1 amide bonds. The molecule has 0 aliphatic heterocycles. The van der Waals surface area contributed by atoms with E-state index in [0.717, 1.165) is 19.5 Å². The summed E-state index contributed by atoms with van der Waals surface area (Å²) in [5, 5.41) is 3.47. The largest absolute Gasteiger partial charge is 0.444 e. The topological polar surface area (TPSA) is 41.6 Å². The summed E-state index contributed by atoms with van der Waals surface area (Å²) in [6.07, 6.45) is 0.641. The lowest BCUT2D eigenvalue weighted by molar-refractivity contribution is 0.0297. The molecule has 23 heavy (non-hydrogen) atoms. The molecule has 0 aromatic heterocycles. The predicted octanol–water partition coefficient (Wildman–Crippen LogP) is 3.96. The molecule has 1 aromatic carbocycles. The van der Waals surface area contributed by atoms with Crippen LogP contribution in [0.15, 0.2) is 12.1 Å². The van der Waals surface area contributed by atoms with Gasteiger partial charge in [-0.2, -0.15) is 0 Å². The minimum Gasteiger partial charge on any atom is -0.444 e. The van der Waals surface area contributed by atoms with Gasteiger partial charge in [0.25, 0.3) is 0 Å². The van der Waals surface area contributed by atoms with E-state index in [1.165, 1.54) is 22.3 Å². The number of amides is 1. The van der Waals surface area contributed by atoms with Gasteiger partial charge in [-0.25, -0.2) is 4.79 Å². The molecular formula is C19H32N2O2. The molecule has 0 bridgehead atoms. The van der Waals surface area contributed by atoms with Crippen molar-refractivity contribution < 1.29 is 9.53 Å². The quantitative estimate of drug-likeness (QED) is 0.807. The Hall–Kier alpha value is -1.55. The zero-order valence-corrected chi connectivity index (χ0v) is 15.7. The van der Waals surface area contributed by atoms with Crippen molar-refractivity contribution >= 4 is 6.09 Å². The summed E-state index contributed by atoms with van der Waals surface area (Å²) < 4.78 is 5.34. The SMILES string of the molecule is Cc1cc(C)c(CNCCCN(C)C(=O)OC(C)(C)C)c(C)c1. The Morgan fingerprint density at radius 3 is 2.26 bits per heavy atom. The van der Waals surface area contributed by atoms with E-state index in [0.29, 0.717) is 6.54 Å². The van der Waals surface area contributed by atoms with Crippen LogP contribution in [0, 0.1) is 20.8 Å². The highest BCUT2D eigenvalue weighted by molar-refractivity contribution is 5.67. The highest BCUT2D eigenvalue weighted by Crippen LogP contribution is 2.16. The van der Waals surface area contributed by atoms with E-state index in [4.69, 9.17) is 4.74 Å². The van der Waals surface area contributed by atoms with Crippen molar-refractivity contribution in [2.24, 2.45) is 0 Å². The van der Waals surface area contributed by atoms with Crippen LogP contribution in [0.4, 0.5) is 4.79 Å². The van der Waals surface area contributed by atoms with Crippen LogP contribution in [0.2, 0.25) is 0 Å². The summed E-state index contributed by atoms with van der Waals surface area (Å²) in [7, 11) is 1.78. The molecule has 1 rings (SSSR count). The minimum absolute atomic E-state index is 0.261. The van der Waals surface area contributed by atoms with Crippen molar-refractivity contribution in [2.75, 3.05) is 20.1 Å². The van der Waals surface area contributed by atoms with Gasteiger partial charge in [-0.15, -0.1) is 0 Å². The van der Waals surface area contributed by atoms with Crippen LogP contribution in [0.3, 0.4) is 0 Å². The van der Waals surface area contributed by atoms with Crippen LogP contribution in [0.1, 0.15) is 49.4 Å². The van der Waals surface area contributed by atoms with Gasteiger partial charge < -0.3 is 15.0 Å². The average Bonchev–Trinajstić information content (AvgIpc) is 2.38. The summed E-state index contributed by atoms with van der Waals surface area (Å²) >= 11 is 0. The van der Waals surface area contributed by atoms with Gasteiger partial charge in [0, 0.05) is 20.1 Å². The lowest BCUT2D eigenvalue weighted by atomic mass is 10.00. The van der Waals surface area contributed by atoms with E-state index in [1.54, 1.807) is 11.9 Å². The van der Waals surface area contributed by atoms with Gasteiger partial charge in [0.2, 0.25) is 0 Å². The fraction of sp³-hybridized carbons (Fsp3) is 0.632. The van der Waals surface area contributed by atoms with E-state index in [-0.39, 0.29) is 6.09 Å². The molecule has 130 valence electrons. The number of benzene rings is 1. The molecule has 0 atom stereocenters. The molecule has 0 saturated carbocycles. The molecule has 0 radical (unpaired) electrons. The summed E-state index contributed by atoms with van der Waals surface area (Å²) in [5.41, 5.74) is 4.91. The first-order valence-electron chi connectivity index (χ1n) is 8.31. The smallest absolute Gasteiger partial charge is 0.410 e. The number of hydrogen-bond donors (Lipinski definition) is 1. The van der Waals surface area contributed by atoms with Crippen molar-refractivity contribution in [2.45, 2.75) is 60.1 Å². The number of carbonyl (C=O) groups excluding carboxylic acids is 1. The molecule has 0 aliphatic rings. The molecule has 4 nitrogen and oxygen atoms in total. The monoisotopic (exact) mass is 320 g/mol. The first kappa shape index (κ1) is 19.5. The van der Waals surface area contributed by atoms with Gasteiger partial charge in [-0.05, 0) is 71.2 Å². The normalized spacial score (nSPS) is 11.4. The van der Waals surface area contributed by atoms with Crippen molar-refractivity contribution in [1.29, 1.82) is 0 Å². The number of nitrogens with one attached hydrogen (secondary N) is 1. The molecule has 0 spiro atoms. The van der Waals surface area contributed by atoms with Gasteiger partial charge in [-0.1, -0.05) is 17.7 Å². The first-order valence-corrected chi connectivity index (χ1v) is 8.31. The number of aryl methyl sites for hydroxylation is 3. The van der Waals surface area contributed by atoms with Gasteiger partial charge >= 0.3 is 6.09 Å². The zero-order valence-electron chi connectivity index (χ0n) is 15.7. The Bertz CT molecular complexity index is 510. The van der Waals surface area contributed by atoms with Gasteiger partial charge in [0.05, 0.1) is 0 Å². The molecule has 0 aliphatic carbocycles. The first-order chi connectivity index (χ1) is 10.6. The Labute approximate surface area is 141 Å². The lowest BCUT2D eigenvalue weighted by Crippen LogP contribution is -2.35. The Balaban J connectivity index is 2.32. The van der Waals surface area contributed by atoms with E-state index in [9.17, 15) is 4.79 Å². The number of nitrogens with zero attached hydrogens (tertiary/aromatic N) is 1. The Morgan fingerprint density at radius 1 is 1.17 bits per heavy atom. The standard InChI is InChI=1S/C19H32N2O2/c1-14-11-15(2)17(16(3)12-14)13-20-9-8-10-21(7)18(22)23-19(4,5)6/h11-12,20H,8-10,13H2,1-7H3. The van der Waals surface area contributed by atoms with Crippen LogP contribution in [-0.2, 0) is 11.3 Å². The van der Waals surface area contributed by atoms with E-state index < -0.39 is 5.60 Å². The maximum atomic E-state index is 11.8. The highest BCUT2D eigenvalue weighted by Gasteiger charge is 2.18. The van der Waals surface area contributed by atoms with E-state index in [2.05, 4.69) is 38.2 Å². The van der Waals surface area contributed by atoms with Crippen molar-refractivity contribution in [3.8, 4) is 0 Å². The van der Waals surface area contributed by atoms with Crippen molar-refractivity contribution in [1.82, 2.24) is 10.2 Å². The third-order valence-corrected chi connectivity index (χ3v) is 3.69. The maximum Gasteiger partial charge on any atom is 0.410 e.